The molecule has 1 atom stereocenters. The van der Waals surface area contributed by atoms with Crippen molar-refractivity contribution in [3.63, 3.8) is 0 Å². The van der Waals surface area contributed by atoms with Crippen molar-refractivity contribution >= 4 is 45.1 Å². The van der Waals surface area contributed by atoms with Gasteiger partial charge in [-0.25, -0.2) is 0 Å². The van der Waals surface area contributed by atoms with E-state index in [9.17, 15) is 0 Å². The number of fused-ring (bicyclic) bond motifs is 3. The van der Waals surface area contributed by atoms with Crippen LogP contribution in [-0.2, 0) is 6.54 Å². The zero-order chi connectivity index (χ0) is 38.6. The van der Waals surface area contributed by atoms with E-state index < -0.39 is 0 Å². The molecular formula is C51H53NO3. The lowest BCUT2D eigenvalue weighted by Gasteiger charge is -2.18. The van der Waals surface area contributed by atoms with Gasteiger partial charge in [0.15, 0.2) is 0 Å². The van der Waals surface area contributed by atoms with E-state index >= 15 is 0 Å². The average Bonchev–Trinajstić information content (AvgIpc) is 3.54. The van der Waals surface area contributed by atoms with E-state index in [-0.39, 0.29) is 0 Å². The lowest BCUT2D eigenvalue weighted by molar-refractivity contribution is 0.399. The molecule has 0 bridgehead atoms. The van der Waals surface area contributed by atoms with Crippen LogP contribution in [0.25, 0.3) is 45.1 Å². The molecule has 0 aliphatic rings. The van der Waals surface area contributed by atoms with Gasteiger partial charge in [0, 0.05) is 46.6 Å². The summed E-state index contributed by atoms with van der Waals surface area (Å²) in [5, 5.41) is 9.33. The number of hydrogen-bond donors (Lipinski definition) is 1. The van der Waals surface area contributed by atoms with Crippen LogP contribution in [0, 0.1) is 5.92 Å². The largest absolute Gasteiger partial charge is 0.496 e. The normalized spacial score (nSPS) is 11.4. The van der Waals surface area contributed by atoms with Crippen molar-refractivity contribution in [3.05, 3.63) is 179 Å². The van der Waals surface area contributed by atoms with E-state index in [1.807, 2.05) is 0 Å². The number of aliphatic hydroxyl groups excluding tert-OH is 1. The minimum atomic E-state index is 0.560. The first kappa shape index (κ1) is 38.9. The Morgan fingerprint density at radius 2 is 0.927 bits per heavy atom. The number of benzene rings is 6. The maximum Gasteiger partial charge on any atom is 0.126 e. The molecule has 7 aromatic rings. The van der Waals surface area contributed by atoms with E-state index in [1.165, 1.54) is 63.3 Å². The first-order valence-electron chi connectivity index (χ1n) is 19.4. The molecule has 0 fully saturated rings. The molecule has 1 N–H and O–H groups in total. The Bertz CT molecular complexity index is 2100. The highest BCUT2D eigenvalue weighted by Crippen LogP contribution is 2.41. The van der Waals surface area contributed by atoms with Crippen LogP contribution in [0.15, 0.2) is 146 Å². The molecule has 0 saturated heterocycles. The molecule has 280 valence electrons. The fourth-order valence-corrected chi connectivity index (χ4v) is 7.58. The predicted molar refractivity (Wildman–Crippen MR) is 234 cm³/mol. The average molecular weight is 728 g/mol. The van der Waals surface area contributed by atoms with Gasteiger partial charge in [-0.3, -0.25) is 0 Å². The van der Waals surface area contributed by atoms with Crippen molar-refractivity contribution in [1.29, 1.82) is 0 Å². The van der Waals surface area contributed by atoms with Gasteiger partial charge in [-0.05, 0) is 82.2 Å². The van der Waals surface area contributed by atoms with Crippen molar-refractivity contribution in [2.45, 2.75) is 46.1 Å². The van der Waals surface area contributed by atoms with Crippen LogP contribution in [0.2, 0.25) is 0 Å². The van der Waals surface area contributed by atoms with Gasteiger partial charge in [0.05, 0.1) is 14.2 Å². The summed E-state index contributed by atoms with van der Waals surface area (Å²) in [5.74, 6) is 2.25. The molecule has 0 amide bonds. The van der Waals surface area contributed by atoms with Crippen LogP contribution in [0.1, 0.15) is 72.9 Å². The highest BCUT2D eigenvalue weighted by atomic mass is 16.5. The van der Waals surface area contributed by atoms with Gasteiger partial charge in [0.25, 0.3) is 0 Å². The summed E-state index contributed by atoms with van der Waals surface area (Å²) in [7, 11) is 4.55. The van der Waals surface area contributed by atoms with Crippen LogP contribution in [-0.4, -0.2) is 31.0 Å². The fourth-order valence-electron chi connectivity index (χ4n) is 7.58. The summed E-state index contributed by atoms with van der Waals surface area (Å²) in [4.78, 5) is 0. The van der Waals surface area contributed by atoms with Gasteiger partial charge in [-0.15, -0.1) is 0 Å². The fraction of sp³-hybridized carbons (Fsp3) is 0.216. The van der Waals surface area contributed by atoms with Gasteiger partial charge in [-0.1, -0.05) is 154 Å². The van der Waals surface area contributed by atoms with Crippen LogP contribution < -0.4 is 9.47 Å². The minimum Gasteiger partial charge on any atom is -0.496 e. The smallest absolute Gasteiger partial charge is 0.126 e. The summed E-state index contributed by atoms with van der Waals surface area (Å²) >= 11 is 0. The minimum absolute atomic E-state index is 0.560. The van der Waals surface area contributed by atoms with E-state index in [0.717, 1.165) is 53.8 Å². The Hall–Kier alpha value is -5.84. The van der Waals surface area contributed by atoms with Crippen LogP contribution in [0.5, 0.6) is 11.5 Å². The first-order valence-corrected chi connectivity index (χ1v) is 19.4. The second kappa shape index (κ2) is 19.0. The number of aromatic nitrogens is 1. The zero-order valence-electron chi connectivity index (χ0n) is 32.8. The van der Waals surface area contributed by atoms with Gasteiger partial charge < -0.3 is 19.1 Å². The number of hydrogen-bond acceptors (Lipinski definition) is 3. The zero-order valence-corrected chi connectivity index (χ0v) is 32.8. The third-order valence-corrected chi connectivity index (χ3v) is 10.5. The Morgan fingerprint density at radius 1 is 0.564 bits per heavy atom. The SMILES string of the molecule is CCCC[C@@H](CC)Cn1c2cc(C=C(c3ccccc3)c3ccccc3)c(OC)cc2c2cc(OC)c(C=C(c3ccccc3)c3ccccc3)cc21.CO. The number of unbranched alkanes of at least 4 members (excludes halogenated alkanes) is 1. The third kappa shape index (κ3) is 8.77. The summed E-state index contributed by atoms with van der Waals surface area (Å²) in [5.41, 5.74) is 11.5. The molecule has 0 unspecified atom stereocenters. The summed E-state index contributed by atoms with van der Waals surface area (Å²) in [6, 6.07) is 51.7. The predicted octanol–water partition coefficient (Wildman–Crippen LogP) is 12.8. The number of methoxy groups -OCH3 is 2. The van der Waals surface area contributed by atoms with E-state index in [0.29, 0.717) is 5.92 Å². The molecule has 6 aromatic carbocycles. The molecule has 4 heteroatoms. The van der Waals surface area contributed by atoms with Crippen molar-refractivity contribution in [2.75, 3.05) is 21.3 Å². The lowest BCUT2D eigenvalue weighted by Crippen LogP contribution is -2.10. The van der Waals surface area contributed by atoms with Crippen LogP contribution >= 0.6 is 0 Å². The van der Waals surface area contributed by atoms with Gasteiger partial charge in [0.1, 0.15) is 11.5 Å². The van der Waals surface area contributed by atoms with Crippen LogP contribution in [0.4, 0.5) is 0 Å². The van der Waals surface area contributed by atoms with Crippen molar-refractivity contribution < 1.29 is 14.6 Å². The standard InChI is InChI=1S/C50H49NO2.CH4O/c1-5-7-20-36(6-2)35-51-47-31-41(29-43(37-21-12-8-13-22-37)38-23-14-9-15-24-38)49(52-3)33-45(47)46-34-50(53-4)42(32-48(46)51)30-44(39-25-16-10-17-26-39)40-27-18-11-19-28-40;1-2/h8-19,21-34,36H,5-7,20,35H2,1-4H3;2H,1H3/t36-;/m1./s1. The second-order valence-corrected chi connectivity index (χ2v) is 13.8. The molecule has 55 heavy (non-hydrogen) atoms. The molecule has 0 radical (unpaired) electrons. The van der Waals surface area contributed by atoms with Gasteiger partial charge in [-0.2, -0.15) is 0 Å². The first-order chi connectivity index (χ1) is 27.1. The van der Waals surface area contributed by atoms with Crippen molar-refractivity contribution in [3.8, 4) is 11.5 Å². The Balaban J connectivity index is 0.00000253. The molecular weight excluding hydrogens is 675 g/mol. The number of rotatable bonds is 14. The van der Waals surface area contributed by atoms with E-state index in [4.69, 9.17) is 14.6 Å². The Morgan fingerprint density at radius 3 is 1.24 bits per heavy atom. The summed E-state index contributed by atoms with van der Waals surface area (Å²) in [6.07, 6.45) is 9.35. The number of nitrogens with zero attached hydrogens (tertiary/aromatic N) is 1. The topological polar surface area (TPSA) is 43.6 Å². The number of aliphatic hydroxyl groups is 1. The Labute approximate surface area is 327 Å². The lowest BCUT2D eigenvalue weighted by atomic mass is 9.94. The van der Waals surface area contributed by atoms with Gasteiger partial charge >= 0.3 is 0 Å². The molecule has 0 aliphatic carbocycles. The molecule has 1 heterocycles. The molecule has 4 nitrogen and oxygen atoms in total. The molecule has 0 aliphatic heterocycles. The van der Waals surface area contributed by atoms with Crippen LogP contribution in [0.3, 0.4) is 0 Å². The highest BCUT2D eigenvalue weighted by Gasteiger charge is 2.20. The third-order valence-electron chi connectivity index (χ3n) is 10.5. The van der Waals surface area contributed by atoms with Gasteiger partial charge in [0.2, 0.25) is 0 Å². The van der Waals surface area contributed by atoms with E-state index in [1.54, 1.807) is 14.2 Å². The molecule has 0 saturated carbocycles. The monoisotopic (exact) mass is 727 g/mol. The van der Waals surface area contributed by atoms with Crippen molar-refractivity contribution in [1.82, 2.24) is 4.57 Å². The highest BCUT2D eigenvalue weighted by molar-refractivity contribution is 6.11. The molecule has 0 spiro atoms. The number of ether oxygens (including phenoxy) is 2. The maximum absolute atomic E-state index is 7.00. The second-order valence-electron chi connectivity index (χ2n) is 13.8. The quantitative estimate of drug-likeness (QED) is 0.113. The summed E-state index contributed by atoms with van der Waals surface area (Å²) < 4.78 is 14.9. The maximum atomic E-state index is 7.00. The molecule has 1 aromatic heterocycles. The van der Waals surface area contributed by atoms with E-state index in [2.05, 4.69) is 176 Å². The van der Waals surface area contributed by atoms with Crippen molar-refractivity contribution in [2.24, 2.45) is 5.92 Å². The molecule has 7 rings (SSSR count). The summed E-state index contributed by atoms with van der Waals surface area (Å²) in [6.45, 7) is 5.56. The Kier molecular flexibility index (Phi) is 13.4.